The van der Waals surface area contributed by atoms with Crippen LogP contribution in [0.1, 0.15) is 30.1 Å². The Morgan fingerprint density at radius 3 is 3.11 bits per heavy atom. The first-order valence-electron chi connectivity index (χ1n) is 6.50. The van der Waals surface area contributed by atoms with Gasteiger partial charge in [-0.15, -0.1) is 12.6 Å². The third kappa shape index (κ3) is 3.74. The van der Waals surface area contributed by atoms with Crippen molar-refractivity contribution in [2.45, 2.75) is 30.8 Å². The molecule has 1 aromatic carbocycles. The summed E-state index contributed by atoms with van der Waals surface area (Å²) in [6.45, 7) is 3.58. The molecule has 19 heavy (non-hydrogen) atoms. The molecular weight excluding hydrogens is 326 g/mol. The lowest BCUT2D eigenvalue weighted by Gasteiger charge is -2.17. The van der Waals surface area contributed by atoms with Crippen LogP contribution < -0.4 is 5.32 Å². The van der Waals surface area contributed by atoms with E-state index in [9.17, 15) is 4.79 Å². The van der Waals surface area contributed by atoms with E-state index in [0.29, 0.717) is 18.0 Å². The number of benzene rings is 1. The number of carbonyl (C=O) groups excluding carboxylic acids is 1. The molecule has 5 heteroatoms. The van der Waals surface area contributed by atoms with Crippen molar-refractivity contribution in [3.8, 4) is 0 Å². The SMILES string of the molecule is CCC1OCCC1CNC(=O)c1cc(S)ccc1Br. The number of amides is 1. The molecule has 0 saturated carbocycles. The summed E-state index contributed by atoms with van der Waals surface area (Å²) in [5.74, 6) is 0.358. The lowest BCUT2D eigenvalue weighted by Crippen LogP contribution is -2.32. The van der Waals surface area contributed by atoms with E-state index in [1.807, 2.05) is 12.1 Å². The van der Waals surface area contributed by atoms with Crippen LogP contribution in [0.5, 0.6) is 0 Å². The second-order valence-corrected chi connectivity index (χ2v) is 6.11. The topological polar surface area (TPSA) is 38.3 Å². The van der Waals surface area contributed by atoms with Crippen LogP contribution in [0, 0.1) is 5.92 Å². The van der Waals surface area contributed by atoms with Crippen LogP contribution in [0.15, 0.2) is 27.6 Å². The fraction of sp³-hybridized carbons (Fsp3) is 0.500. The van der Waals surface area contributed by atoms with Gasteiger partial charge in [0.2, 0.25) is 0 Å². The van der Waals surface area contributed by atoms with Gasteiger partial charge in [-0.3, -0.25) is 4.79 Å². The van der Waals surface area contributed by atoms with Crippen LogP contribution in [0.2, 0.25) is 0 Å². The Morgan fingerprint density at radius 1 is 1.58 bits per heavy atom. The highest BCUT2D eigenvalue weighted by molar-refractivity contribution is 9.10. The number of rotatable bonds is 4. The van der Waals surface area contributed by atoms with Crippen LogP contribution >= 0.6 is 28.6 Å². The molecule has 1 amide bonds. The number of hydrogen-bond donors (Lipinski definition) is 2. The van der Waals surface area contributed by atoms with Gasteiger partial charge in [0.05, 0.1) is 11.7 Å². The van der Waals surface area contributed by atoms with Gasteiger partial charge < -0.3 is 10.1 Å². The van der Waals surface area contributed by atoms with Crippen LogP contribution in [0.3, 0.4) is 0 Å². The lowest BCUT2D eigenvalue weighted by atomic mass is 9.99. The maximum atomic E-state index is 12.2. The summed E-state index contributed by atoms with van der Waals surface area (Å²) >= 11 is 7.65. The van der Waals surface area contributed by atoms with Crippen molar-refractivity contribution in [3.05, 3.63) is 28.2 Å². The first kappa shape index (κ1) is 14.9. The molecule has 0 radical (unpaired) electrons. The number of thiol groups is 1. The Balaban J connectivity index is 1.96. The number of halogens is 1. The zero-order valence-corrected chi connectivity index (χ0v) is 13.3. The molecule has 1 aliphatic rings. The van der Waals surface area contributed by atoms with Crippen LogP contribution in [0.4, 0.5) is 0 Å². The molecule has 0 aromatic heterocycles. The van der Waals surface area contributed by atoms with Gasteiger partial charge in [-0.1, -0.05) is 6.92 Å². The Kier molecular flexibility index (Phi) is 5.30. The van der Waals surface area contributed by atoms with Crippen molar-refractivity contribution in [3.63, 3.8) is 0 Å². The second kappa shape index (κ2) is 6.77. The molecule has 2 rings (SSSR count). The summed E-state index contributed by atoms with van der Waals surface area (Å²) in [5, 5.41) is 2.99. The predicted octanol–water partition coefficient (Wildman–Crippen LogP) is 3.28. The summed E-state index contributed by atoms with van der Waals surface area (Å²) in [6, 6.07) is 5.46. The van der Waals surface area contributed by atoms with Gasteiger partial charge in [-0.05, 0) is 47.0 Å². The molecule has 3 nitrogen and oxygen atoms in total. The second-order valence-electron chi connectivity index (χ2n) is 4.74. The summed E-state index contributed by atoms with van der Waals surface area (Å²) in [7, 11) is 0. The van der Waals surface area contributed by atoms with Gasteiger partial charge in [0.15, 0.2) is 0 Å². The molecular formula is C14H18BrNO2S. The smallest absolute Gasteiger partial charge is 0.252 e. The molecule has 1 aliphatic heterocycles. The zero-order chi connectivity index (χ0) is 13.8. The zero-order valence-electron chi connectivity index (χ0n) is 10.9. The quantitative estimate of drug-likeness (QED) is 0.823. The molecule has 1 N–H and O–H groups in total. The first-order valence-corrected chi connectivity index (χ1v) is 7.74. The fourth-order valence-electron chi connectivity index (χ4n) is 2.38. The van der Waals surface area contributed by atoms with E-state index in [2.05, 4.69) is 40.8 Å². The highest BCUT2D eigenvalue weighted by Gasteiger charge is 2.27. The van der Waals surface area contributed by atoms with Gasteiger partial charge in [0.25, 0.3) is 5.91 Å². The highest BCUT2D eigenvalue weighted by Crippen LogP contribution is 2.23. The van der Waals surface area contributed by atoms with E-state index in [0.717, 1.165) is 28.8 Å². The molecule has 1 heterocycles. The molecule has 0 aliphatic carbocycles. The summed E-state index contributed by atoms with van der Waals surface area (Å²) in [4.78, 5) is 12.9. The molecule has 1 aromatic rings. The van der Waals surface area contributed by atoms with E-state index >= 15 is 0 Å². The summed E-state index contributed by atoms with van der Waals surface area (Å²) in [6.07, 6.45) is 2.29. The monoisotopic (exact) mass is 343 g/mol. The Bertz CT molecular complexity index is 467. The molecule has 1 fully saturated rings. The molecule has 0 spiro atoms. The highest BCUT2D eigenvalue weighted by atomic mass is 79.9. The number of carbonyl (C=O) groups is 1. The van der Waals surface area contributed by atoms with Gasteiger partial charge >= 0.3 is 0 Å². The average molecular weight is 344 g/mol. The third-order valence-corrected chi connectivity index (χ3v) is 4.44. The van der Waals surface area contributed by atoms with Gasteiger partial charge in [0.1, 0.15) is 0 Å². The van der Waals surface area contributed by atoms with E-state index in [4.69, 9.17) is 4.74 Å². The lowest BCUT2D eigenvalue weighted by molar-refractivity contribution is 0.0826. The van der Waals surface area contributed by atoms with Gasteiger partial charge in [0, 0.05) is 28.4 Å². The first-order chi connectivity index (χ1) is 9.11. The average Bonchev–Trinajstić information content (AvgIpc) is 2.86. The van der Waals surface area contributed by atoms with Crippen LogP contribution in [-0.2, 0) is 4.74 Å². The van der Waals surface area contributed by atoms with Crippen molar-refractivity contribution in [1.82, 2.24) is 5.32 Å². The van der Waals surface area contributed by atoms with Crippen LogP contribution in [0.25, 0.3) is 0 Å². The van der Waals surface area contributed by atoms with Gasteiger partial charge in [-0.2, -0.15) is 0 Å². The number of nitrogens with one attached hydrogen (secondary N) is 1. The minimum Gasteiger partial charge on any atom is -0.378 e. The van der Waals surface area contributed by atoms with E-state index < -0.39 is 0 Å². The molecule has 0 bridgehead atoms. The minimum atomic E-state index is -0.0653. The number of hydrogen-bond acceptors (Lipinski definition) is 3. The van der Waals surface area contributed by atoms with E-state index in [1.165, 1.54) is 0 Å². The van der Waals surface area contributed by atoms with Crippen molar-refractivity contribution in [2.75, 3.05) is 13.2 Å². The van der Waals surface area contributed by atoms with Crippen molar-refractivity contribution >= 4 is 34.5 Å². The standard InChI is InChI=1S/C14H18BrNO2S/c1-2-13-9(5-6-18-13)8-16-14(17)11-7-10(19)3-4-12(11)15/h3-4,7,9,13,19H,2,5-6,8H2,1H3,(H,16,17). The van der Waals surface area contributed by atoms with Gasteiger partial charge in [-0.25, -0.2) is 0 Å². The van der Waals surface area contributed by atoms with Crippen molar-refractivity contribution in [2.24, 2.45) is 5.92 Å². The van der Waals surface area contributed by atoms with E-state index in [-0.39, 0.29) is 12.0 Å². The molecule has 2 atom stereocenters. The molecule has 1 saturated heterocycles. The summed E-state index contributed by atoms with van der Waals surface area (Å²) in [5.41, 5.74) is 0.625. The molecule has 2 unspecified atom stereocenters. The fourth-order valence-corrected chi connectivity index (χ4v) is 3.01. The number of ether oxygens (including phenoxy) is 1. The van der Waals surface area contributed by atoms with Crippen LogP contribution in [-0.4, -0.2) is 25.2 Å². The van der Waals surface area contributed by atoms with Crippen molar-refractivity contribution in [1.29, 1.82) is 0 Å². The summed E-state index contributed by atoms with van der Waals surface area (Å²) < 4.78 is 6.41. The maximum absolute atomic E-state index is 12.2. The third-order valence-electron chi connectivity index (χ3n) is 3.47. The largest absolute Gasteiger partial charge is 0.378 e. The Labute approximate surface area is 127 Å². The Morgan fingerprint density at radius 2 is 2.37 bits per heavy atom. The van der Waals surface area contributed by atoms with E-state index in [1.54, 1.807) is 6.07 Å². The van der Waals surface area contributed by atoms with Crippen molar-refractivity contribution < 1.29 is 9.53 Å². The minimum absolute atomic E-state index is 0.0653. The maximum Gasteiger partial charge on any atom is 0.252 e. The Hall–Kier alpha value is -0.520. The normalized spacial score (nSPS) is 22.5. The predicted molar refractivity (Wildman–Crippen MR) is 81.9 cm³/mol. The molecule has 104 valence electrons.